The van der Waals surface area contributed by atoms with Crippen LogP contribution in [0, 0.1) is 0 Å². The number of piperazine rings is 1. The van der Waals surface area contributed by atoms with Gasteiger partial charge in [-0.1, -0.05) is 6.42 Å². The summed E-state index contributed by atoms with van der Waals surface area (Å²) in [4.78, 5) is 2.49. The molecule has 0 radical (unpaired) electrons. The second kappa shape index (κ2) is 3.73. The second-order valence-electron chi connectivity index (χ2n) is 3.86. The van der Waals surface area contributed by atoms with Crippen molar-refractivity contribution in [2.75, 3.05) is 26.2 Å². The van der Waals surface area contributed by atoms with Crippen LogP contribution in [-0.4, -0.2) is 48.3 Å². The maximum absolute atomic E-state index is 9.17. The molecule has 0 aliphatic carbocycles. The van der Waals surface area contributed by atoms with E-state index in [1.165, 1.54) is 19.3 Å². The average Bonchev–Trinajstić information content (AvgIpc) is 2.17. The highest BCUT2D eigenvalue weighted by Crippen LogP contribution is 2.23. The lowest BCUT2D eigenvalue weighted by Gasteiger charge is -2.44. The van der Waals surface area contributed by atoms with E-state index in [0.29, 0.717) is 18.7 Å². The molecule has 0 saturated carbocycles. The van der Waals surface area contributed by atoms with Gasteiger partial charge in [-0.05, 0) is 12.8 Å². The summed E-state index contributed by atoms with van der Waals surface area (Å²) in [5.41, 5.74) is 0. The third kappa shape index (κ3) is 1.49. The minimum absolute atomic E-state index is 0.344. The van der Waals surface area contributed by atoms with Crippen molar-refractivity contribution in [3.05, 3.63) is 0 Å². The van der Waals surface area contributed by atoms with Gasteiger partial charge < -0.3 is 10.4 Å². The fourth-order valence-corrected chi connectivity index (χ4v) is 2.48. The highest BCUT2D eigenvalue weighted by atomic mass is 16.3. The molecule has 3 heteroatoms. The van der Waals surface area contributed by atoms with E-state index in [1.54, 1.807) is 0 Å². The molecular formula is C9H18N2O. The molecule has 0 bridgehead atoms. The summed E-state index contributed by atoms with van der Waals surface area (Å²) in [7, 11) is 0. The number of hydrogen-bond acceptors (Lipinski definition) is 3. The lowest BCUT2D eigenvalue weighted by Crippen LogP contribution is -2.58. The summed E-state index contributed by atoms with van der Waals surface area (Å²) in [6.45, 7) is 3.68. The summed E-state index contributed by atoms with van der Waals surface area (Å²) < 4.78 is 0. The topological polar surface area (TPSA) is 35.5 Å². The quantitative estimate of drug-likeness (QED) is 0.572. The summed E-state index contributed by atoms with van der Waals surface area (Å²) in [6.07, 6.45) is 3.78. The van der Waals surface area contributed by atoms with Crippen LogP contribution in [0.4, 0.5) is 0 Å². The molecule has 0 aromatic rings. The van der Waals surface area contributed by atoms with Crippen LogP contribution >= 0.6 is 0 Å². The molecule has 0 aromatic heterocycles. The minimum Gasteiger partial charge on any atom is -0.395 e. The van der Waals surface area contributed by atoms with E-state index >= 15 is 0 Å². The first-order valence-electron chi connectivity index (χ1n) is 4.99. The SMILES string of the molecule is OC[C@H]1CCC[C@@H]2CNCCN21. The third-order valence-electron chi connectivity index (χ3n) is 3.15. The van der Waals surface area contributed by atoms with Crippen molar-refractivity contribution in [2.24, 2.45) is 0 Å². The van der Waals surface area contributed by atoms with Crippen molar-refractivity contribution >= 4 is 0 Å². The number of aliphatic hydroxyl groups excluding tert-OH is 1. The number of fused-ring (bicyclic) bond motifs is 1. The molecular weight excluding hydrogens is 152 g/mol. The first-order valence-corrected chi connectivity index (χ1v) is 4.99. The fraction of sp³-hybridized carbons (Fsp3) is 1.00. The van der Waals surface area contributed by atoms with Crippen molar-refractivity contribution in [2.45, 2.75) is 31.3 Å². The van der Waals surface area contributed by atoms with Crippen molar-refractivity contribution < 1.29 is 5.11 Å². The minimum atomic E-state index is 0.344. The number of aliphatic hydroxyl groups is 1. The van der Waals surface area contributed by atoms with Crippen LogP contribution in [0.15, 0.2) is 0 Å². The molecule has 2 aliphatic heterocycles. The number of nitrogens with one attached hydrogen (secondary N) is 1. The number of hydrogen-bond donors (Lipinski definition) is 2. The molecule has 2 fully saturated rings. The molecule has 2 atom stereocenters. The van der Waals surface area contributed by atoms with E-state index in [9.17, 15) is 0 Å². The Morgan fingerprint density at radius 3 is 3.17 bits per heavy atom. The van der Waals surface area contributed by atoms with Crippen molar-refractivity contribution in [1.82, 2.24) is 10.2 Å². The Labute approximate surface area is 73.8 Å². The molecule has 0 spiro atoms. The summed E-state index contributed by atoms with van der Waals surface area (Å²) >= 11 is 0. The zero-order valence-corrected chi connectivity index (χ0v) is 7.50. The first-order chi connectivity index (χ1) is 5.92. The Bertz CT molecular complexity index is 143. The lowest BCUT2D eigenvalue weighted by atomic mass is 9.94. The number of nitrogens with zero attached hydrogens (tertiary/aromatic N) is 1. The molecule has 2 aliphatic rings. The van der Waals surface area contributed by atoms with E-state index < -0.39 is 0 Å². The molecule has 70 valence electrons. The monoisotopic (exact) mass is 170 g/mol. The predicted octanol–water partition coefficient (Wildman–Crippen LogP) is -0.195. The Kier molecular flexibility index (Phi) is 2.63. The van der Waals surface area contributed by atoms with Gasteiger partial charge in [0, 0.05) is 31.7 Å². The molecule has 2 saturated heterocycles. The van der Waals surface area contributed by atoms with Crippen LogP contribution < -0.4 is 5.32 Å². The van der Waals surface area contributed by atoms with Crippen molar-refractivity contribution in [3.63, 3.8) is 0 Å². The standard InChI is InChI=1S/C9H18N2O/c12-7-9-3-1-2-8-6-10-4-5-11(8)9/h8-10,12H,1-7H2/t8-,9-/m1/s1. The lowest BCUT2D eigenvalue weighted by molar-refractivity contribution is 0.0300. The number of piperidine rings is 1. The number of rotatable bonds is 1. The van der Waals surface area contributed by atoms with Crippen LogP contribution in [0.5, 0.6) is 0 Å². The highest BCUT2D eigenvalue weighted by Gasteiger charge is 2.31. The predicted molar refractivity (Wildman–Crippen MR) is 48.1 cm³/mol. The molecule has 2 rings (SSSR count). The molecule has 3 nitrogen and oxygen atoms in total. The molecule has 2 N–H and O–H groups in total. The van der Waals surface area contributed by atoms with Gasteiger partial charge in [0.05, 0.1) is 6.61 Å². The van der Waals surface area contributed by atoms with Gasteiger partial charge in [0.15, 0.2) is 0 Å². The molecule has 2 heterocycles. The van der Waals surface area contributed by atoms with Crippen molar-refractivity contribution in [3.8, 4) is 0 Å². The maximum atomic E-state index is 9.17. The van der Waals surface area contributed by atoms with Crippen LogP contribution in [0.2, 0.25) is 0 Å². The highest BCUT2D eigenvalue weighted by molar-refractivity contribution is 4.88. The normalized spacial score (nSPS) is 37.8. The first kappa shape index (κ1) is 8.48. The fourth-order valence-electron chi connectivity index (χ4n) is 2.48. The Hall–Kier alpha value is -0.120. The van der Waals surface area contributed by atoms with Crippen LogP contribution in [0.3, 0.4) is 0 Å². The van der Waals surface area contributed by atoms with Crippen LogP contribution in [0.1, 0.15) is 19.3 Å². The van der Waals surface area contributed by atoms with E-state index in [4.69, 9.17) is 5.11 Å². The van der Waals surface area contributed by atoms with Gasteiger partial charge in [0.25, 0.3) is 0 Å². The van der Waals surface area contributed by atoms with Crippen LogP contribution in [-0.2, 0) is 0 Å². The van der Waals surface area contributed by atoms with Gasteiger partial charge in [-0.15, -0.1) is 0 Å². The van der Waals surface area contributed by atoms with Crippen LogP contribution in [0.25, 0.3) is 0 Å². The van der Waals surface area contributed by atoms with Gasteiger partial charge in [0.2, 0.25) is 0 Å². The van der Waals surface area contributed by atoms with E-state index in [0.717, 1.165) is 19.6 Å². The Balaban J connectivity index is 1.99. The summed E-state index contributed by atoms with van der Waals surface area (Å²) in [6, 6.07) is 1.15. The van der Waals surface area contributed by atoms with E-state index in [2.05, 4.69) is 10.2 Å². The summed E-state index contributed by atoms with van der Waals surface area (Å²) in [5.74, 6) is 0. The maximum Gasteiger partial charge on any atom is 0.0587 e. The molecule has 0 unspecified atom stereocenters. The Morgan fingerprint density at radius 1 is 1.42 bits per heavy atom. The zero-order valence-electron chi connectivity index (χ0n) is 7.50. The zero-order chi connectivity index (χ0) is 8.39. The Morgan fingerprint density at radius 2 is 2.33 bits per heavy atom. The van der Waals surface area contributed by atoms with Gasteiger partial charge in [-0.3, -0.25) is 4.90 Å². The van der Waals surface area contributed by atoms with Gasteiger partial charge in [-0.2, -0.15) is 0 Å². The molecule has 0 amide bonds. The smallest absolute Gasteiger partial charge is 0.0587 e. The van der Waals surface area contributed by atoms with Gasteiger partial charge in [0.1, 0.15) is 0 Å². The van der Waals surface area contributed by atoms with Gasteiger partial charge in [-0.25, -0.2) is 0 Å². The second-order valence-corrected chi connectivity index (χ2v) is 3.86. The third-order valence-corrected chi connectivity index (χ3v) is 3.15. The molecule has 0 aromatic carbocycles. The van der Waals surface area contributed by atoms with Crippen molar-refractivity contribution in [1.29, 1.82) is 0 Å². The average molecular weight is 170 g/mol. The van der Waals surface area contributed by atoms with E-state index in [1.807, 2.05) is 0 Å². The van der Waals surface area contributed by atoms with E-state index in [-0.39, 0.29) is 0 Å². The largest absolute Gasteiger partial charge is 0.395 e. The molecule has 12 heavy (non-hydrogen) atoms. The summed E-state index contributed by atoms with van der Waals surface area (Å²) in [5, 5.41) is 12.6. The van der Waals surface area contributed by atoms with Gasteiger partial charge >= 0.3 is 0 Å².